The largest absolute Gasteiger partial charge is 0.416 e. The summed E-state index contributed by atoms with van der Waals surface area (Å²) in [5, 5.41) is 0. The van der Waals surface area contributed by atoms with E-state index in [1.54, 1.807) is 18.2 Å². The Morgan fingerprint density at radius 3 is 2.14 bits per heavy atom. The molecule has 5 rings (SSSR count). The fourth-order valence-corrected chi connectivity index (χ4v) is 5.47. The third-order valence-corrected chi connectivity index (χ3v) is 7.38. The van der Waals surface area contributed by atoms with Crippen molar-refractivity contribution < 1.29 is 18.0 Å². The minimum Gasteiger partial charge on any atom is -0.369 e. The molecule has 2 aliphatic rings. The fraction of sp³-hybridized carbons (Fsp3) is 0.345. The van der Waals surface area contributed by atoms with Gasteiger partial charge in [0.05, 0.1) is 5.56 Å². The molecule has 2 atom stereocenters. The number of anilines is 1. The van der Waals surface area contributed by atoms with Crippen LogP contribution in [0.25, 0.3) is 0 Å². The second kappa shape index (κ2) is 10.3. The average Bonchev–Trinajstić information content (AvgIpc) is 3.33. The number of halogens is 3. The Morgan fingerprint density at radius 1 is 0.806 bits per heavy atom. The molecule has 2 heterocycles. The quantitative estimate of drug-likeness (QED) is 0.477. The van der Waals surface area contributed by atoms with Crippen molar-refractivity contribution in [1.29, 1.82) is 0 Å². The standard InChI is InChI=1S/C29H30F3N3O/c30-29(31,32)25-11-7-10-23(18-25)27-21-35(28(36)22-8-3-1-4-9-22)20-24(27)19-33-14-16-34(17-15-33)26-12-5-2-6-13-26/h1-13,18,24,27H,14-17,19-21H2/t24-,27+/m1/s1. The van der Waals surface area contributed by atoms with Gasteiger partial charge in [-0.15, -0.1) is 0 Å². The Labute approximate surface area is 209 Å². The number of likely N-dealkylation sites (tertiary alicyclic amines) is 1. The van der Waals surface area contributed by atoms with Crippen molar-refractivity contribution in [3.63, 3.8) is 0 Å². The molecular weight excluding hydrogens is 463 g/mol. The van der Waals surface area contributed by atoms with Crippen LogP contribution in [0.1, 0.15) is 27.4 Å². The number of piperazine rings is 1. The van der Waals surface area contributed by atoms with Crippen LogP contribution in [0.5, 0.6) is 0 Å². The van der Waals surface area contributed by atoms with E-state index >= 15 is 0 Å². The lowest BCUT2D eigenvalue weighted by Gasteiger charge is -2.38. The number of rotatable bonds is 5. The molecule has 2 aliphatic heterocycles. The first-order valence-electron chi connectivity index (χ1n) is 12.4. The molecule has 0 aromatic heterocycles. The van der Waals surface area contributed by atoms with Crippen molar-refractivity contribution in [3.05, 3.63) is 102 Å². The van der Waals surface area contributed by atoms with Gasteiger partial charge in [0.1, 0.15) is 0 Å². The summed E-state index contributed by atoms with van der Waals surface area (Å²) in [5.41, 5.74) is 1.83. The van der Waals surface area contributed by atoms with E-state index in [2.05, 4.69) is 21.9 Å². The Hall–Kier alpha value is -3.32. The fourth-order valence-electron chi connectivity index (χ4n) is 5.47. The molecule has 3 aromatic carbocycles. The molecule has 188 valence electrons. The first-order chi connectivity index (χ1) is 17.4. The van der Waals surface area contributed by atoms with Gasteiger partial charge >= 0.3 is 6.18 Å². The van der Waals surface area contributed by atoms with Gasteiger partial charge in [-0.2, -0.15) is 13.2 Å². The first kappa shape index (κ1) is 24.4. The number of para-hydroxylation sites is 1. The minimum atomic E-state index is -4.39. The van der Waals surface area contributed by atoms with Crippen LogP contribution in [0.3, 0.4) is 0 Å². The van der Waals surface area contributed by atoms with Crippen molar-refractivity contribution in [3.8, 4) is 0 Å². The SMILES string of the molecule is O=C(c1ccccc1)N1C[C@@H](CN2CCN(c3ccccc3)CC2)[C@H](c2cccc(C(F)(F)F)c2)C1. The van der Waals surface area contributed by atoms with Crippen molar-refractivity contribution in [2.75, 3.05) is 50.7 Å². The lowest BCUT2D eigenvalue weighted by molar-refractivity contribution is -0.137. The van der Waals surface area contributed by atoms with Crippen LogP contribution >= 0.6 is 0 Å². The van der Waals surface area contributed by atoms with Gasteiger partial charge < -0.3 is 9.80 Å². The molecule has 3 aromatic rings. The predicted molar refractivity (Wildman–Crippen MR) is 135 cm³/mol. The van der Waals surface area contributed by atoms with Crippen LogP contribution in [-0.2, 0) is 6.18 Å². The van der Waals surface area contributed by atoms with E-state index < -0.39 is 11.7 Å². The molecule has 7 heteroatoms. The Balaban J connectivity index is 1.33. The molecule has 1 amide bonds. The molecule has 0 saturated carbocycles. The summed E-state index contributed by atoms with van der Waals surface area (Å²) in [6, 6.07) is 25.1. The summed E-state index contributed by atoms with van der Waals surface area (Å²) in [5.74, 6) is -0.152. The summed E-state index contributed by atoms with van der Waals surface area (Å²) in [6.07, 6.45) is -4.39. The number of amides is 1. The highest BCUT2D eigenvalue weighted by Gasteiger charge is 2.39. The normalized spacial score (nSPS) is 21.1. The third kappa shape index (κ3) is 5.41. The monoisotopic (exact) mass is 493 g/mol. The third-order valence-electron chi connectivity index (χ3n) is 7.38. The van der Waals surface area contributed by atoms with Crippen molar-refractivity contribution in [2.24, 2.45) is 5.92 Å². The predicted octanol–water partition coefficient (Wildman–Crippen LogP) is 5.38. The summed E-state index contributed by atoms with van der Waals surface area (Å²) < 4.78 is 40.4. The molecular formula is C29H30F3N3O. The van der Waals surface area contributed by atoms with E-state index in [-0.39, 0.29) is 17.7 Å². The molecule has 0 radical (unpaired) electrons. The maximum absolute atomic E-state index is 13.5. The number of benzene rings is 3. The maximum Gasteiger partial charge on any atom is 0.416 e. The van der Waals surface area contributed by atoms with Gasteiger partial charge in [-0.25, -0.2) is 0 Å². The van der Waals surface area contributed by atoms with E-state index in [4.69, 9.17) is 0 Å². The van der Waals surface area contributed by atoms with E-state index in [0.717, 1.165) is 38.8 Å². The van der Waals surface area contributed by atoms with Crippen LogP contribution < -0.4 is 4.90 Å². The highest BCUT2D eigenvalue weighted by atomic mass is 19.4. The lowest BCUT2D eigenvalue weighted by atomic mass is 9.87. The molecule has 36 heavy (non-hydrogen) atoms. The highest BCUT2D eigenvalue weighted by molar-refractivity contribution is 5.94. The molecule has 0 aliphatic carbocycles. The molecule has 0 spiro atoms. The van der Waals surface area contributed by atoms with E-state index in [9.17, 15) is 18.0 Å². The molecule has 2 saturated heterocycles. The number of carbonyl (C=O) groups excluding carboxylic acids is 1. The molecule has 0 bridgehead atoms. The summed E-state index contributed by atoms with van der Waals surface area (Å²) in [4.78, 5) is 19.8. The summed E-state index contributed by atoms with van der Waals surface area (Å²) in [6.45, 7) is 5.27. The number of hydrogen-bond acceptors (Lipinski definition) is 3. The molecule has 0 unspecified atom stereocenters. The van der Waals surface area contributed by atoms with Crippen molar-refractivity contribution >= 4 is 11.6 Å². The molecule has 4 nitrogen and oxygen atoms in total. The van der Waals surface area contributed by atoms with Crippen LogP contribution in [0.4, 0.5) is 18.9 Å². The minimum absolute atomic E-state index is 0.0596. The maximum atomic E-state index is 13.5. The highest BCUT2D eigenvalue weighted by Crippen LogP contribution is 2.37. The van der Waals surface area contributed by atoms with Gasteiger partial charge in [0.25, 0.3) is 5.91 Å². The summed E-state index contributed by atoms with van der Waals surface area (Å²) >= 11 is 0. The average molecular weight is 494 g/mol. The second-order valence-corrected chi connectivity index (χ2v) is 9.69. The smallest absolute Gasteiger partial charge is 0.369 e. The lowest BCUT2D eigenvalue weighted by Crippen LogP contribution is -2.48. The van der Waals surface area contributed by atoms with Gasteiger partial charge in [-0.3, -0.25) is 9.69 Å². The van der Waals surface area contributed by atoms with Gasteiger partial charge in [0.15, 0.2) is 0 Å². The topological polar surface area (TPSA) is 26.8 Å². The second-order valence-electron chi connectivity index (χ2n) is 9.69. The van der Waals surface area contributed by atoms with Crippen LogP contribution in [0, 0.1) is 5.92 Å². The molecule has 2 fully saturated rings. The Morgan fingerprint density at radius 2 is 1.47 bits per heavy atom. The van der Waals surface area contributed by atoms with Crippen LogP contribution in [0.2, 0.25) is 0 Å². The number of alkyl halides is 3. The zero-order valence-corrected chi connectivity index (χ0v) is 20.1. The number of carbonyl (C=O) groups is 1. The van der Waals surface area contributed by atoms with Gasteiger partial charge in [-0.05, 0) is 41.8 Å². The van der Waals surface area contributed by atoms with E-state index in [1.807, 2.05) is 41.3 Å². The van der Waals surface area contributed by atoms with Crippen molar-refractivity contribution in [2.45, 2.75) is 12.1 Å². The van der Waals surface area contributed by atoms with Crippen LogP contribution in [-0.4, -0.2) is 61.5 Å². The molecule has 0 N–H and O–H groups in total. The Kier molecular flexibility index (Phi) is 7.01. The van der Waals surface area contributed by atoms with E-state index in [0.29, 0.717) is 24.2 Å². The van der Waals surface area contributed by atoms with Crippen molar-refractivity contribution in [1.82, 2.24) is 9.80 Å². The zero-order valence-electron chi connectivity index (χ0n) is 20.1. The Bertz CT molecular complexity index is 1160. The number of nitrogens with zero attached hydrogens (tertiary/aromatic N) is 3. The van der Waals surface area contributed by atoms with Gasteiger partial charge in [-0.1, -0.05) is 54.6 Å². The van der Waals surface area contributed by atoms with E-state index in [1.165, 1.54) is 17.8 Å². The van der Waals surface area contributed by atoms with Gasteiger partial charge in [0, 0.05) is 63.0 Å². The van der Waals surface area contributed by atoms with Crippen LogP contribution in [0.15, 0.2) is 84.9 Å². The van der Waals surface area contributed by atoms with Gasteiger partial charge in [0.2, 0.25) is 0 Å². The first-order valence-corrected chi connectivity index (χ1v) is 12.4. The summed E-state index contributed by atoms with van der Waals surface area (Å²) in [7, 11) is 0. The zero-order chi connectivity index (χ0) is 25.1. The number of hydrogen-bond donors (Lipinski definition) is 0.